The van der Waals surface area contributed by atoms with Gasteiger partial charge in [0.2, 0.25) is 0 Å². The van der Waals surface area contributed by atoms with Crippen LogP contribution in [0.2, 0.25) is 0 Å². The highest BCUT2D eigenvalue weighted by molar-refractivity contribution is 8.03. The molecule has 2 heterocycles. The van der Waals surface area contributed by atoms with Gasteiger partial charge in [-0.05, 0) is 17.2 Å². The molecule has 0 fully saturated rings. The Labute approximate surface area is 80.3 Å². The molecule has 2 aliphatic rings. The minimum Gasteiger partial charge on any atom is -0.477 e. The Kier molecular flexibility index (Phi) is 2.10. The number of benzene rings is 1. The van der Waals surface area contributed by atoms with Crippen molar-refractivity contribution in [3.8, 4) is 0 Å². The summed E-state index contributed by atoms with van der Waals surface area (Å²) in [6.07, 6.45) is 1.70. The van der Waals surface area contributed by atoms with Gasteiger partial charge in [0.05, 0.1) is 4.91 Å². The standard InChI is InChI=1S/C10H8O2S/c11-10(12)9-5-7-1-3-8(4-2-7)6-13-9/h1-5H,6H2,(H,11,12). The monoisotopic (exact) mass is 192 g/mol. The number of hydrogen-bond acceptors (Lipinski definition) is 2. The third-order valence-electron chi connectivity index (χ3n) is 1.88. The SMILES string of the molecule is O=C(O)C1=Cc2ccc(cc2)CS1. The first-order valence-electron chi connectivity index (χ1n) is 3.92. The summed E-state index contributed by atoms with van der Waals surface area (Å²) in [6.45, 7) is 0. The highest BCUT2D eigenvalue weighted by Gasteiger charge is 2.10. The second-order valence-electron chi connectivity index (χ2n) is 2.84. The van der Waals surface area contributed by atoms with Gasteiger partial charge >= 0.3 is 5.97 Å². The predicted molar refractivity (Wildman–Crippen MR) is 53.3 cm³/mol. The van der Waals surface area contributed by atoms with E-state index in [1.54, 1.807) is 6.08 Å². The number of carboxylic acid groups (broad SMARTS) is 1. The number of carboxylic acids is 1. The number of hydrogen-bond donors (Lipinski definition) is 1. The van der Waals surface area contributed by atoms with Crippen molar-refractivity contribution in [1.29, 1.82) is 0 Å². The molecule has 0 saturated carbocycles. The van der Waals surface area contributed by atoms with E-state index in [4.69, 9.17) is 5.11 Å². The van der Waals surface area contributed by atoms with Crippen LogP contribution in [0.15, 0.2) is 29.2 Å². The maximum Gasteiger partial charge on any atom is 0.342 e. The van der Waals surface area contributed by atoms with Crippen LogP contribution < -0.4 is 0 Å². The highest BCUT2D eigenvalue weighted by Crippen LogP contribution is 2.27. The zero-order valence-electron chi connectivity index (χ0n) is 6.86. The fraction of sp³-hybridized carbons (Fsp3) is 0.100. The van der Waals surface area contributed by atoms with Gasteiger partial charge in [0.25, 0.3) is 0 Å². The Bertz CT molecular complexity index is 365. The first kappa shape index (κ1) is 8.38. The summed E-state index contributed by atoms with van der Waals surface area (Å²) in [6, 6.07) is 7.94. The molecule has 13 heavy (non-hydrogen) atoms. The van der Waals surface area contributed by atoms with E-state index in [-0.39, 0.29) is 0 Å². The van der Waals surface area contributed by atoms with Crippen molar-refractivity contribution < 1.29 is 9.90 Å². The van der Waals surface area contributed by atoms with E-state index >= 15 is 0 Å². The molecule has 1 aromatic rings. The van der Waals surface area contributed by atoms with Gasteiger partial charge < -0.3 is 5.11 Å². The largest absolute Gasteiger partial charge is 0.477 e. The number of aliphatic carboxylic acids is 1. The zero-order valence-corrected chi connectivity index (χ0v) is 7.67. The minimum absolute atomic E-state index is 0.418. The predicted octanol–water partition coefficient (Wildman–Crippen LogP) is 2.36. The smallest absolute Gasteiger partial charge is 0.342 e. The average molecular weight is 192 g/mol. The summed E-state index contributed by atoms with van der Waals surface area (Å²) in [5.41, 5.74) is 2.12. The molecule has 0 unspecified atom stereocenters. The van der Waals surface area contributed by atoms with Gasteiger partial charge in [-0.25, -0.2) is 4.79 Å². The van der Waals surface area contributed by atoms with Crippen LogP contribution in [0.1, 0.15) is 11.1 Å². The lowest BCUT2D eigenvalue weighted by molar-refractivity contribution is -0.131. The quantitative estimate of drug-likeness (QED) is 0.742. The summed E-state index contributed by atoms with van der Waals surface area (Å²) in [5, 5.41) is 8.82. The van der Waals surface area contributed by atoms with Crippen LogP contribution in [0.25, 0.3) is 6.08 Å². The third-order valence-corrected chi connectivity index (χ3v) is 2.96. The number of thioether (sulfide) groups is 1. The van der Waals surface area contributed by atoms with Crippen molar-refractivity contribution in [2.75, 3.05) is 0 Å². The van der Waals surface area contributed by atoms with Crippen molar-refractivity contribution in [3.05, 3.63) is 40.3 Å². The fourth-order valence-corrected chi connectivity index (χ4v) is 2.05. The van der Waals surface area contributed by atoms with Crippen LogP contribution in [0.4, 0.5) is 0 Å². The zero-order chi connectivity index (χ0) is 9.26. The van der Waals surface area contributed by atoms with Gasteiger partial charge in [0.1, 0.15) is 0 Å². The lowest BCUT2D eigenvalue weighted by Gasteiger charge is -2.07. The van der Waals surface area contributed by atoms with E-state index in [1.807, 2.05) is 24.3 Å². The van der Waals surface area contributed by atoms with Gasteiger partial charge in [0.15, 0.2) is 0 Å². The van der Waals surface area contributed by atoms with Crippen molar-refractivity contribution in [1.82, 2.24) is 0 Å². The van der Waals surface area contributed by atoms with E-state index in [9.17, 15) is 4.79 Å². The summed E-state index contributed by atoms with van der Waals surface area (Å²) in [4.78, 5) is 11.2. The number of rotatable bonds is 1. The van der Waals surface area contributed by atoms with E-state index in [2.05, 4.69) is 0 Å². The molecular weight excluding hydrogens is 184 g/mol. The first-order chi connectivity index (χ1) is 6.25. The molecule has 3 rings (SSSR count). The lowest BCUT2D eigenvalue weighted by Crippen LogP contribution is -1.99. The van der Waals surface area contributed by atoms with Crippen molar-refractivity contribution in [3.63, 3.8) is 0 Å². The fourth-order valence-electron chi connectivity index (χ4n) is 1.19. The Morgan fingerprint density at radius 3 is 2.62 bits per heavy atom. The summed E-state index contributed by atoms with van der Waals surface area (Å²) in [5.74, 6) is -0.106. The second-order valence-corrected chi connectivity index (χ2v) is 3.86. The van der Waals surface area contributed by atoms with E-state index < -0.39 is 5.97 Å². The van der Waals surface area contributed by atoms with E-state index in [1.165, 1.54) is 17.3 Å². The maximum absolute atomic E-state index is 10.7. The normalized spacial score (nSPS) is 14.6. The lowest BCUT2D eigenvalue weighted by atomic mass is 10.1. The van der Waals surface area contributed by atoms with E-state index in [0.717, 1.165) is 11.3 Å². The van der Waals surface area contributed by atoms with Gasteiger partial charge in [-0.15, -0.1) is 11.8 Å². The topological polar surface area (TPSA) is 37.3 Å². The molecule has 2 bridgehead atoms. The van der Waals surface area contributed by atoms with Gasteiger partial charge in [0, 0.05) is 5.75 Å². The van der Waals surface area contributed by atoms with E-state index in [0.29, 0.717) is 4.91 Å². The highest BCUT2D eigenvalue weighted by atomic mass is 32.2. The molecule has 0 saturated heterocycles. The average Bonchev–Trinajstić information content (AvgIpc) is 2.05. The molecule has 0 aliphatic carbocycles. The molecule has 0 aromatic heterocycles. The third kappa shape index (κ3) is 1.75. The molecule has 2 nitrogen and oxygen atoms in total. The molecule has 3 heteroatoms. The van der Waals surface area contributed by atoms with Crippen molar-refractivity contribution in [2.24, 2.45) is 0 Å². The Hall–Kier alpha value is -1.22. The molecule has 0 atom stereocenters. The number of fused-ring (bicyclic) bond motifs is 4. The first-order valence-corrected chi connectivity index (χ1v) is 4.91. The Morgan fingerprint density at radius 2 is 2.00 bits per heavy atom. The second kappa shape index (κ2) is 3.26. The van der Waals surface area contributed by atoms with Gasteiger partial charge in [-0.2, -0.15) is 0 Å². The molecule has 2 aliphatic heterocycles. The summed E-state index contributed by atoms with van der Waals surface area (Å²) in [7, 11) is 0. The molecule has 0 spiro atoms. The van der Waals surface area contributed by atoms with Gasteiger partial charge in [-0.1, -0.05) is 24.3 Å². The molecule has 0 radical (unpaired) electrons. The summed E-state index contributed by atoms with van der Waals surface area (Å²) < 4.78 is 0. The maximum atomic E-state index is 10.7. The van der Waals surface area contributed by atoms with Gasteiger partial charge in [-0.3, -0.25) is 0 Å². The molecule has 1 aromatic carbocycles. The molecule has 66 valence electrons. The van der Waals surface area contributed by atoms with Crippen LogP contribution in [-0.4, -0.2) is 11.1 Å². The molecule has 0 amide bonds. The Balaban J connectivity index is 2.44. The molecule has 1 N–H and O–H groups in total. The van der Waals surface area contributed by atoms with Crippen LogP contribution in [-0.2, 0) is 10.5 Å². The Morgan fingerprint density at radius 1 is 1.31 bits per heavy atom. The minimum atomic E-state index is -0.840. The molecular formula is C10H8O2S. The number of carbonyl (C=O) groups is 1. The van der Waals surface area contributed by atoms with Crippen LogP contribution >= 0.6 is 11.8 Å². The van der Waals surface area contributed by atoms with Crippen LogP contribution in [0.3, 0.4) is 0 Å². The van der Waals surface area contributed by atoms with Crippen LogP contribution in [0, 0.1) is 0 Å². The van der Waals surface area contributed by atoms with Crippen LogP contribution in [0.5, 0.6) is 0 Å². The van der Waals surface area contributed by atoms with Crippen molar-refractivity contribution >= 4 is 23.8 Å². The van der Waals surface area contributed by atoms with Crippen molar-refractivity contribution in [2.45, 2.75) is 5.75 Å². The summed E-state index contributed by atoms with van der Waals surface area (Å²) >= 11 is 1.37.